The molecule has 36 heavy (non-hydrogen) atoms. The van der Waals surface area contributed by atoms with Crippen LogP contribution >= 0.6 is 0 Å². The first-order valence-corrected chi connectivity index (χ1v) is 11.0. The third kappa shape index (κ3) is 3.99. The number of nitrogens with one attached hydrogen (secondary N) is 2. The van der Waals surface area contributed by atoms with E-state index in [2.05, 4.69) is 20.0 Å². The van der Waals surface area contributed by atoms with Gasteiger partial charge in [-0.2, -0.15) is 18.4 Å². The largest absolute Gasteiger partial charge is 0.496 e. The first kappa shape index (κ1) is 25.2. The number of ether oxygens (including phenoxy) is 3. The fourth-order valence-electron chi connectivity index (χ4n) is 4.44. The van der Waals surface area contributed by atoms with Gasteiger partial charge < -0.3 is 24.5 Å². The molecule has 2 N–H and O–H groups in total. The van der Waals surface area contributed by atoms with Crippen LogP contribution in [0.25, 0.3) is 11.0 Å². The van der Waals surface area contributed by atoms with Gasteiger partial charge in [0.1, 0.15) is 5.75 Å². The van der Waals surface area contributed by atoms with Crippen LogP contribution in [0.2, 0.25) is 0 Å². The molecule has 2 unspecified atom stereocenters. The molecule has 190 valence electrons. The Balaban J connectivity index is 2.09. The first-order chi connectivity index (χ1) is 17.1. The van der Waals surface area contributed by atoms with Crippen molar-refractivity contribution >= 4 is 22.7 Å². The summed E-state index contributed by atoms with van der Waals surface area (Å²) in [7, 11) is 1.18. The van der Waals surface area contributed by atoms with Crippen LogP contribution in [0.1, 0.15) is 35.0 Å². The number of alkyl halides is 4. The molecule has 0 radical (unpaired) electrons. The maximum absolute atomic E-state index is 15.3. The smallest absolute Gasteiger partial charge is 0.429 e. The Kier molecular flexibility index (Phi) is 6.53. The van der Waals surface area contributed by atoms with Gasteiger partial charge in [-0.15, -0.1) is 0 Å². The Morgan fingerprint density at radius 3 is 2.69 bits per heavy atom. The molecular formula is C24H22F4N4O4. The molecule has 2 heterocycles. The van der Waals surface area contributed by atoms with Crippen LogP contribution in [0.4, 0.5) is 23.2 Å². The quantitative estimate of drug-likeness (QED) is 0.361. The van der Waals surface area contributed by atoms with Crippen LogP contribution < -0.4 is 10.1 Å². The summed E-state index contributed by atoms with van der Waals surface area (Å²) >= 11 is 0. The van der Waals surface area contributed by atoms with Crippen LogP contribution in [-0.4, -0.2) is 48.7 Å². The number of H-pyrrole nitrogens is 1. The summed E-state index contributed by atoms with van der Waals surface area (Å²) in [5.74, 6) is -2.67. The Morgan fingerprint density at radius 1 is 1.31 bits per heavy atom. The van der Waals surface area contributed by atoms with E-state index in [-0.39, 0.29) is 40.9 Å². The molecule has 2 aromatic carbocycles. The lowest BCUT2D eigenvalue weighted by Crippen LogP contribution is -2.50. The van der Waals surface area contributed by atoms with Crippen LogP contribution in [0, 0.1) is 18.3 Å². The SMILES string of the molecule is CCOC(=O)C(F)OC(c1nc2ccc(C#N)cc2[nH]1)(c1c(OC)cc(C)c2c1CCN2)C(F)(F)F. The standard InChI is InChI=1S/C24H22F4N4O4/c1-4-35-21(33)20(25)36-23(24(26,27)28,22-31-15-6-5-13(11-29)10-16(15)32-22)18-14-7-8-30-19(14)12(2)9-17(18)34-3/h5-6,9-10,20,30H,4,7-8H2,1-3H3,(H,31,32). The van der Waals surface area contributed by atoms with Gasteiger partial charge in [-0.3, -0.25) is 0 Å². The van der Waals surface area contributed by atoms with Gasteiger partial charge in [0.15, 0.2) is 5.82 Å². The monoisotopic (exact) mass is 506 g/mol. The summed E-state index contributed by atoms with van der Waals surface area (Å²) in [4.78, 5) is 18.7. The molecule has 1 aromatic heterocycles. The molecule has 2 atom stereocenters. The average molecular weight is 506 g/mol. The van der Waals surface area contributed by atoms with Gasteiger partial charge in [-0.1, -0.05) is 0 Å². The predicted molar refractivity (Wildman–Crippen MR) is 120 cm³/mol. The van der Waals surface area contributed by atoms with Crippen molar-refractivity contribution < 1.29 is 36.6 Å². The molecule has 3 aromatic rings. The lowest BCUT2D eigenvalue weighted by molar-refractivity contribution is -0.297. The van der Waals surface area contributed by atoms with Crippen molar-refractivity contribution in [3.63, 3.8) is 0 Å². The Hall–Kier alpha value is -3.85. The van der Waals surface area contributed by atoms with E-state index in [4.69, 9.17) is 9.47 Å². The number of carbonyl (C=O) groups is 1. The maximum atomic E-state index is 15.3. The van der Waals surface area contributed by atoms with E-state index in [1.165, 1.54) is 38.3 Å². The third-order valence-electron chi connectivity index (χ3n) is 5.94. The number of imidazole rings is 1. The Morgan fingerprint density at radius 2 is 2.06 bits per heavy atom. The highest BCUT2D eigenvalue weighted by molar-refractivity contribution is 5.78. The molecule has 0 amide bonds. The van der Waals surface area contributed by atoms with Crippen LogP contribution in [0.15, 0.2) is 24.3 Å². The fraction of sp³-hybridized carbons (Fsp3) is 0.375. The number of halogens is 4. The minimum atomic E-state index is -5.34. The number of aryl methyl sites for hydroxylation is 1. The predicted octanol–water partition coefficient (Wildman–Crippen LogP) is 4.40. The molecule has 0 spiro atoms. The molecule has 0 bridgehead atoms. The van der Waals surface area contributed by atoms with Crippen molar-refractivity contribution in [2.75, 3.05) is 25.6 Å². The molecule has 0 aliphatic carbocycles. The molecule has 1 aliphatic rings. The van der Waals surface area contributed by atoms with Gasteiger partial charge in [0.2, 0.25) is 0 Å². The molecule has 12 heteroatoms. The number of nitrogens with zero attached hydrogens (tertiary/aromatic N) is 2. The number of benzene rings is 2. The first-order valence-electron chi connectivity index (χ1n) is 11.0. The number of esters is 1. The van der Waals surface area contributed by atoms with E-state index in [1.807, 2.05) is 6.07 Å². The summed E-state index contributed by atoms with van der Waals surface area (Å²) in [6, 6.07) is 7.32. The number of hydrogen-bond acceptors (Lipinski definition) is 7. The summed E-state index contributed by atoms with van der Waals surface area (Å²) in [6.07, 6.45) is -8.29. The molecule has 0 saturated carbocycles. The Labute approximate surface area is 203 Å². The van der Waals surface area contributed by atoms with E-state index in [1.54, 1.807) is 6.92 Å². The molecule has 0 saturated heterocycles. The van der Waals surface area contributed by atoms with Crippen molar-refractivity contribution in [2.45, 2.75) is 38.4 Å². The molecule has 8 nitrogen and oxygen atoms in total. The van der Waals surface area contributed by atoms with Gasteiger partial charge in [-0.05, 0) is 55.7 Å². The maximum Gasteiger partial charge on any atom is 0.429 e. The van der Waals surface area contributed by atoms with Crippen LogP contribution in [-0.2, 0) is 26.3 Å². The topological polar surface area (TPSA) is 109 Å². The summed E-state index contributed by atoms with van der Waals surface area (Å²) < 4.78 is 75.9. The number of carbonyl (C=O) groups excluding carboxylic acids is 1. The summed E-state index contributed by atoms with van der Waals surface area (Å²) in [5, 5.41) is 12.2. The second-order valence-corrected chi connectivity index (χ2v) is 8.10. The van der Waals surface area contributed by atoms with E-state index >= 15 is 17.6 Å². The van der Waals surface area contributed by atoms with Gasteiger partial charge in [-0.25, -0.2) is 14.2 Å². The second kappa shape index (κ2) is 9.31. The average Bonchev–Trinajstić information content (AvgIpc) is 3.49. The Bertz CT molecular complexity index is 1360. The number of aromatic nitrogens is 2. The number of anilines is 1. The highest BCUT2D eigenvalue weighted by Crippen LogP contribution is 2.54. The second-order valence-electron chi connectivity index (χ2n) is 8.10. The zero-order valence-electron chi connectivity index (χ0n) is 19.5. The van der Waals surface area contributed by atoms with Crippen molar-refractivity contribution in [2.24, 2.45) is 0 Å². The summed E-state index contributed by atoms with van der Waals surface area (Å²) in [6.45, 7) is 3.14. The number of rotatable bonds is 7. The number of aromatic amines is 1. The van der Waals surface area contributed by atoms with Crippen molar-refractivity contribution in [3.05, 3.63) is 52.3 Å². The number of methoxy groups -OCH3 is 1. The highest BCUT2D eigenvalue weighted by Gasteiger charge is 2.65. The highest BCUT2D eigenvalue weighted by atomic mass is 19.4. The van der Waals surface area contributed by atoms with Gasteiger partial charge in [0, 0.05) is 17.8 Å². The lowest BCUT2D eigenvalue weighted by Gasteiger charge is -2.37. The van der Waals surface area contributed by atoms with Crippen molar-refractivity contribution in [1.82, 2.24) is 9.97 Å². The van der Waals surface area contributed by atoms with E-state index in [0.29, 0.717) is 17.8 Å². The van der Waals surface area contributed by atoms with Gasteiger partial charge >= 0.3 is 12.1 Å². The molecular weight excluding hydrogens is 484 g/mol. The normalized spacial score (nSPS) is 15.5. The van der Waals surface area contributed by atoms with E-state index in [9.17, 15) is 10.1 Å². The zero-order chi connectivity index (χ0) is 26.3. The summed E-state index contributed by atoms with van der Waals surface area (Å²) in [5.41, 5.74) is -2.55. The third-order valence-corrected chi connectivity index (χ3v) is 5.94. The van der Waals surface area contributed by atoms with Crippen molar-refractivity contribution in [1.29, 1.82) is 5.26 Å². The molecule has 4 rings (SSSR count). The minimum Gasteiger partial charge on any atom is -0.496 e. The zero-order valence-corrected chi connectivity index (χ0v) is 19.5. The van der Waals surface area contributed by atoms with E-state index < -0.39 is 35.5 Å². The number of nitriles is 1. The van der Waals surface area contributed by atoms with Crippen molar-refractivity contribution in [3.8, 4) is 11.8 Å². The number of hydrogen-bond donors (Lipinski definition) is 2. The number of fused-ring (bicyclic) bond motifs is 2. The van der Waals surface area contributed by atoms with Crippen LogP contribution in [0.3, 0.4) is 0 Å². The minimum absolute atomic E-state index is 0.0774. The fourth-order valence-corrected chi connectivity index (χ4v) is 4.44. The van der Waals surface area contributed by atoms with Gasteiger partial charge in [0.05, 0.1) is 36.4 Å². The lowest BCUT2D eigenvalue weighted by atomic mass is 9.84. The van der Waals surface area contributed by atoms with Crippen LogP contribution in [0.5, 0.6) is 5.75 Å². The van der Waals surface area contributed by atoms with Gasteiger partial charge in [0.25, 0.3) is 12.0 Å². The van der Waals surface area contributed by atoms with E-state index in [0.717, 1.165) is 0 Å². The molecule has 0 fully saturated rings. The molecule has 1 aliphatic heterocycles.